The molecule has 2 aromatic rings. The third-order valence-corrected chi connectivity index (χ3v) is 4.14. The normalized spacial score (nSPS) is 15.8. The Balaban J connectivity index is 1.88. The number of hydrogen-bond donors (Lipinski definition) is 1. The summed E-state index contributed by atoms with van der Waals surface area (Å²) in [6.45, 7) is 3.92. The molecule has 1 aliphatic heterocycles. The van der Waals surface area contributed by atoms with Gasteiger partial charge in [0.1, 0.15) is 18.2 Å². The van der Waals surface area contributed by atoms with E-state index in [-0.39, 0.29) is 18.1 Å². The van der Waals surface area contributed by atoms with Crippen molar-refractivity contribution in [3.8, 4) is 5.75 Å². The maximum atomic E-state index is 13.3. The Morgan fingerprint density at radius 1 is 1.24 bits per heavy atom. The maximum Gasteiger partial charge on any atom is 0.255 e. The second-order valence-electron chi connectivity index (χ2n) is 6.68. The molecule has 6 heteroatoms. The van der Waals surface area contributed by atoms with Crippen LogP contribution in [0.5, 0.6) is 5.75 Å². The number of benzene rings is 2. The molecule has 25 heavy (non-hydrogen) atoms. The van der Waals surface area contributed by atoms with Crippen molar-refractivity contribution in [1.82, 2.24) is 0 Å². The van der Waals surface area contributed by atoms with Gasteiger partial charge < -0.3 is 15.0 Å². The molecule has 1 N–H and O–H groups in total. The van der Waals surface area contributed by atoms with E-state index in [0.29, 0.717) is 17.1 Å². The van der Waals surface area contributed by atoms with Crippen LogP contribution in [0.1, 0.15) is 24.2 Å². The van der Waals surface area contributed by atoms with Crippen LogP contribution in [0.2, 0.25) is 0 Å². The van der Waals surface area contributed by atoms with Crippen molar-refractivity contribution >= 4 is 23.2 Å². The lowest BCUT2D eigenvalue weighted by Crippen LogP contribution is -2.39. The van der Waals surface area contributed by atoms with Crippen LogP contribution in [0.4, 0.5) is 15.8 Å². The van der Waals surface area contributed by atoms with Gasteiger partial charge in [-0.3, -0.25) is 9.59 Å². The minimum absolute atomic E-state index is 0.0696. The summed E-state index contributed by atoms with van der Waals surface area (Å²) in [6, 6.07) is 10.5. The van der Waals surface area contributed by atoms with Crippen molar-refractivity contribution < 1.29 is 18.7 Å². The highest BCUT2D eigenvalue weighted by Crippen LogP contribution is 2.37. The van der Waals surface area contributed by atoms with E-state index >= 15 is 0 Å². The van der Waals surface area contributed by atoms with E-state index in [1.807, 2.05) is 13.8 Å². The largest absolute Gasteiger partial charge is 0.490 e. The number of nitrogens with one attached hydrogen (secondary N) is 1. The van der Waals surface area contributed by atoms with Crippen LogP contribution in [0.25, 0.3) is 0 Å². The van der Waals surface area contributed by atoms with Crippen LogP contribution in [-0.4, -0.2) is 25.5 Å². The van der Waals surface area contributed by atoms with Crippen molar-refractivity contribution in [3.63, 3.8) is 0 Å². The van der Waals surface area contributed by atoms with E-state index in [2.05, 4.69) is 5.32 Å². The summed E-state index contributed by atoms with van der Waals surface area (Å²) >= 11 is 0. The van der Waals surface area contributed by atoms with Gasteiger partial charge in [0.15, 0.2) is 0 Å². The Bertz CT molecular complexity index is 848. The number of carbonyl (C=O) groups is 2. The number of nitrogens with zero attached hydrogens (tertiary/aromatic N) is 1. The maximum absolute atomic E-state index is 13.3. The molecule has 2 aromatic carbocycles. The van der Waals surface area contributed by atoms with Crippen LogP contribution >= 0.6 is 0 Å². The van der Waals surface area contributed by atoms with Gasteiger partial charge in [-0.2, -0.15) is 0 Å². The first-order valence-electron chi connectivity index (χ1n) is 7.90. The van der Waals surface area contributed by atoms with Crippen molar-refractivity contribution in [2.45, 2.75) is 13.8 Å². The van der Waals surface area contributed by atoms with Crippen molar-refractivity contribution in [1.29, 1.82) is 0 Å². The standard InChI is InChI=1S/C19H19FN2O3/c1-19(2)11-25-16-8-7-14(10-15(16)22(3)18(19)24)21-17(23)12-5-4-6-13(20)9-12/h4-10H,11H2,1-3H3,(H,21,23). The lowest BCUT2D eigenvalue weighted by Gasteiger charge is -2.24. The SMILES string of the molecule is CN1C(=O)C(C)(C)COc2ccc(NC(=O)c3cccc(F)c3)cc21. The molecule has 0 aliphatic carbocycles. The zero-order chi connectivity index (χ0) is 18.2. The van der Waals surface area contributed by atoms with Crippen molar-refractivity contribution in [2.24, 2.45) is 5.41 Å². The smallest absolute Gasteiger partial charge is 0.255 e. The van der Waals surface area contributed by atoms with E-state index in [4.69, 9.17) is 4.74 Å². The third kappa shape index (κ3) is 3.33. The highest BCUT2D eigenvalue weighted by Gasteiger charge is 2.36. The minimum Gasteiger partial charge on any atom is -0.490 e. The molecule has 1 aliphatic rings. The van der Waals surface area contributed by atoms with Crippen molar-refractivity contribution in [2.75, 3.05) is 23.9 Å². The molecule has 0 saturated carbocycles. The van der Waals surface area contributed by atoms with Crippen LogP contribution in [0.3, 0.4) is 0 Å². The number of carbonyl (C=O) groups excluding carboxylic acids is 2. The fraction of sp³-hybridized carbons (Fsp3) is 0.263. The molecule has 2 amide bonds. The minimum atomic E-state index is -0.640. The molecule has 0 unspecified atom stereocenters. The van der Waals surface area contributed by atoms with Crippen LogP contribution in [0.15, 0.2) is 42.5 Å². The summed E-state index contributed by atoms with van der Waals surface area (Å²) in [5.41, 5.74) is 0.652. The first kappa shape index (κ1) is 17.0. The predicted octanol–water partition coefficient (Wildman–Crippen LogP) is 3.46. The number of fused-ring (bicyclic) bond motifs is 1. The van der Waals surface area contributed by atoms with Crippen molar-refractivity contribution in [3.05, 3.63) is 53.8 Å². The number of hydrogen-bond acceptors (Lipinski definition) is 3. The Morgan fingerprint density at radius 3 is 2.72 bits per heavy atom. The number of anilines is 2. The molecular formula is C19H19FN2O3. The Hall–Kier alpha value is -2.89. The topological polar surface area (TPSA) is 58.6 Å². The molecule has 0 bridgehead atoms. The molecule has 5 nitrogen and oxygen atoms in total. The molecule has 0 spiro atoms. The summed E-state index contributed by atoms with van der Waals surface area (Å²) in [4.78, 5) is 26.3. The van der Waals surface area contributed by atoms with Gasteiger partial charge in [-0.05, 0) is 50.2 Å². The molecule has 130 valence electrons. The second-order valence-corrected chi connectivity index (χ2v) is 6.68. The summed E-state index contributed by atoms with van der Waals surface area (Å²) in [7, 11) is 1.68. The van der Waals surface area contributed by atoms with Crippen LogP contribution < -0.4 is 15.0 Å². The summed E-state index contributed by atoms with van der Waals surface area (Å²) in [5, 5.41) is 2.71. The summed E-state index contributed by atoms with van der Waals surface area (Å²) < 4.78 is 19.0. The zero-order valence-electron chi connectivity index (χ0n) is 14.3. The first-order valence-corrected chi connectivity index (χ1v) is 7.90. The van der Waals surface area contributed by atoms with Crippen LogP contribution in [0, 0.1) is 11.2 Å². The van der Waals surface area contributed by atoms with E-state index in [1.165, 1.54) is 29.2 Å². The van der Waals surface area contributed by atoms with Gasteiger partial charge in [0.2, 0.25) is 5.91 Å². The number of ether oxygens (including phenoxy) is 1. The number of rotatable bonds is 2. The molecule has 0 radical (unpaired) electrons. The van der Waals surface area contributed by atoms with Gasteiger partial charge in [-0.25, -0.2) is 4.39 Å². The van der Waals surface area contributed by atoms with E-state index in [1.54, 1.807) is 25.2 Å². The quantitative estimate of drug-likeness (QED) is 0.909. The fourth-order valence-electron chi connectivity index (χ4n) is 2.70. The van der Waals surface area contributed by atoms with E-state index in [9.17, 15) is 14.0 Å². The molecule has 0 fully saturated rings. The van der Waals surface area contributed by atoms with E-state index in [0.717, 1.165) is 0 Å². The fourth-order valence-corrected chi connectivity index (χ4v) is 2.70. The van der Waals surface area contributed by atoms with Gasteiger partial charge in [-0.1, -0.05) is 6.07 Å². The van der Waals surface area contributed by atoms with E-state index < -0.39 is 17.1 Å². The average Bonchev–Trinajstić information content (AvgIpc) is 2.66. The van der Waals surface area contributed by atoms with Gasteiger partial charge in [0, 0.05) is 18.3 Å². The molecule has 0 atom stereocenters. The lowest BCUT2D eigenvalue weighted by atomic mass is 9.93. The molecule has 0 saturated heterocycles. The predicted molar refractivity (Wildman–Crippen MR) is 93.5 cm³/mol. The first-order chi connectivity index (χ1) is 11.8. The monoisotopic (exact) mass is 342 g/mol. The Labute approximate surface area is 145 Å². The zero-order valence-corrected chi connectivity index (χ0v) is 14.3. The Morgan fingerprint density at radius 2 is 2.00 bits per heavy atom. The second kappa shape index (κ2) is 6.20. The lowest BCUT2D eigenvalue weighted by molar-refractivity contribution is -0.127. The van der Waals surface area contributed by atoms with Gasteiger partial charge in [0.05, 0.1) is 11.1 Å². The molecule has 1 heterocycles. The third-order valence-electron chi connectivity index (χ3n) is 4.14. The summed E-state index contributed by atoms with van der Waals surface area (Å²) in [5.74, 6) is -0.399. The average molecular weight is 342 g/mol. The summed E-state index contributed by atoms with van der Waals surface area (Å²) in [6.07, 6.45) is 0. The van der Waals surface area contributed by atoms with Gasteiger partial charge in [-0.15, -0.1) is 0 Å². The molecular weight excluding hydrogens is 323 g/mol. The number of amides is 2. The number of halogens is 1. The highest BCUT2D eigenvalue weighted by atomic mass is 19.1. The Kier molecular flexibility index (Phi) is 4.20. The molecule has 3 rings (SSSR count). The van der Waals surface area contributed by atoms with Gasteiger partial charge in [0.25, 0.3) is 5.91 Å². The highest BCUT2D eigenvalue weighted by molar-refractivity contribution is 6.05. The molecule has 0 aromatic heterocycles. The van der Waals surface area contributed by atoms with Gasteiger partial charge >= 0.3 is 0 Å². The van der Waals surface area contributed by atoms with Crippen LogP contribution in [-0.2, 0) is 4.79 Å².